The zero-order valence-corrected chi connectivity index (χ0v) is 29.4. The molecular formula is C42H44N2O5. The predicted molar refractivity (Wildman–Crippen MR) is 199 cm³/mol. The first-order valence-corrected chi connectivity index (χ1v) is 16.9. The van der Waals surface area contributed by atoms with Crippen LogP contribution in [0.1, 0.15) is 72.8 Å². The van der Waals surface area contributed by atoms with Crippen molar-refractivity contribution in [3.63, 3.8) is 0 Å². The Morgan fingerprint density at radius 1 is 0.837 bits per heavy atom. The van der Waals surface area contributed by atoms with Gasteiger partial charge in [0.25, 0.3) is 5.56 Å². The van der Waals surface area contributed by atoms with Gasteiger partial charge in [0, 0.05) is 28.3 Å². The molecule has 4 aromatic rings. The van der Waals surface area contributed by atoms with Crippen LogP contribution in [0.15, 0.2) is 88.5 Å². The van der Waals surface area contributed by atoms with Crippen LogP contribution in [0.25, 0.3) is 27.4 Å². The number of aliphatic hydroxyl groups excluding tert-OH is 1. The summed E-state index contributed by atoms with van der Waals surface area (Å²) >= 11 is 0. The Morgan fingerprint density at radius 3 is 2.18 bits per heavy atom. The first-order chi connectivity index (χ1) is 23.3. The summed E-state index contributed by atoms with van der Waals surface area (Å²) in [6.07, 6.45) is 2.86. The molecular weight excluding hydrogens is 612 g/mol. The van der Waals surface area contributed by atoms with Gasteiger partial charge in [-0.3, -0.25) is 9.59 Å². The van der Waals surface area contributed by atoms with E-state index in [9.17, 15) is 14.7 Å². The van der Waals surface area contributed by atoms with Gasteiger partial charge in [-0.05, 0) is 58.9 Å². The number of anilines is 2. The predicted octanol–water partition coefficient (Wildman–Crippen LogP) is 9.10. The number of para-hydroxylation sites is 2. The number of rotatable bonds is 10. The van der Waals surface area contributed by atoms with Crippen LogP contribution in [0, 0.1) is 15.9 Å². The Balaban J connectivity index is 1.68. The largest absolute Gasteiger partial charge is 0.511 e. The SMILES string of the molecule is CCCCC(O)=c1c(=O)nc2c(Oc3ccc(C(C)(C)CC(C)(C)C)cc3)cc(Nc3ccccc3OC)c3c2=c1c1ccccc1c3=O. The number of nitrogens with zero attached hydrogens (tertiary/aromatic N) is 1. The Kier molecular flexibility index (Phi) is 8.97. The molecule has 0 fully saturated rings. The molecule has 1 aliphatic heterocycles. The lowest BCUT2D eigenvalue weighted by molar-refractivity contribution is 0.284. The Bertz CT molecular complexity index is 2400. The van der Waals surface area contributed by atoms with Crippen LogP contribution in [-0.4, -0.2) is 17.2 Å². The van der Waals surface area contributed by atoms with Crippen molar-refractivity contribution >= 4 is 38.8 Å². The molecule has 49 heavy (non-hydrogen) atoms. The van der Waals surface area contributed by atoms with E-state index < -0.39 is 5.56 Å². The minimum absolute atomic E-state index is 0.0367. The van der Waals surface area contributed by atoms with Gasteiger partial charge in [-0.2, -0.15) is 0 Å². The van der Waals surface area contributed by atoms with Gasteiger partial charge >= 0.3 is 0 Å². The molecule has 4 aromatic carbocycles. The van der Waals surface area contributed by atoms with Crippen LogP contribution in [0.3, 0.4) is 0 Å². The van der Waals surface area contributed by atoms with E-state index in [0.717, 1.165) is 12.8 Å². The van der Waals surface area contributed by atoms with Crippen molar-refractivity contribution in [2.24, 2.45) is 5.41 Å². The summed E-state index contributed by atoms with van der Waals surface area (Å²) in [4.78, 5) is 32.8. The van der Waals surface area contributed by atoms with E-state index in [-0.39, 0.29) is 32.8 Å². The van der Waals surface area contributed by atoms with E-state index >= 15 is 0 Å². The molecule has 0 radical (unpaired) electrons. The zero-order valence-electron chi connectivity index (χ0n) is 29.4. The second-order valence-corrected chi connectivity index (χ2v) is 14.7. The molecule has 7 nitrogen and oxygen atoms in total. The highest BCUT2D eigenvalue weighted by Crippen LogP contribution is 2.39. The van der Waals surface area contributed by atoms with E-state index in [1.165, 1.54) is 5.56 Å². The maximum Gasteiger partial charge on any atom is 0.281 e. The van der Waals surface area contributed by atoms with Gasteiger partial charge in [0.2, 0.25) is 0 Å². The number of aromatic nitrogens is 1. The molecule has 0 saturated carbocycles. The second-order valence-electron chi connectivity index (χ2n) is 14.7. The molecule has 0 spiro atoms. The summed E-state index contributed by atoms with van der Waals surface area (Å²) in [7, 11) is 1.59. The summed E-state index contributed by atoms with van der Waals surface area (Å²) in [5, 5.41) is 17.2. The monoisotopic (exact) mass is 656 g/mol. The molecule has 1 heterocycles. The number of ether oxygens (including phenoxy) is 2. The highest BCUT2D eigenvalue weighted by atomic mass is 16.5. The van der Waals surface area contributed by atoms with Crippen LogP contribution in [0.5, 0.6) is 17.2 Å². The number of benzene rings is 4. The zero-order chi connectivity index (χ0) is 35.1. The van der Waals surface area contributed by atoms with Crippen molar-refractivity contribution in [2.75, 3.05) is 12.4 Å². The quantitative estimate of drug-likeness (QED) is 0.152. The van der Waals surface area contributed by atoms with E-state index in [1.807, 2.05) is 55.5 Å². The lowest BCUT2D eigenvalue weighted by Crippen LogP contribution is -2.33. The Hall–Kier alpha value is -5.17. The minimum Gasteiger partial charge on any atom is -0.511 e. The van der Waals surface area contributed by atoms with Crippen LogP contribution in [0.4, 0.5) is 11.4 Å². The van der Waals surface area contributed by atoms with Gasteiger partial charge < -0.3 is 19.9 Å². The van der Waals surface area contributed by atoms with Gasteiger partial charge in [0.05, 0.1) is 29.1 Å². The molecule has 7 heteroatoms. The first-order valence-electron chi connectivity index (χ1n) is 16.9. The second kappa shape index (κ2) is 13.0. The van der Waals surface area contributed by atoms with Gasteiger partial charge in [-0.15, -0.1) is 0 Å². The number of methoxy groups -OCH3 is 1. The maximum atomic E-state index is 14.4. The fraction of sp³-hybridized carbons (Fsp3) is 0.310. The molecule has 1 aliphatic carbocycles. The normalized spacial score (nSPS) is 12.9. The molecule has 0 amide bonds. The summed E-state index contributed by atoms with van der Waals surface area (Å²) in [5.74, 6) is 1.43. The van der Waals surface area contributed by atoms with Gasteiger partial charge in [0.1, 0.15) is 22.8 Å². The van der Waals surface area contributed by atoms with E-state index in [1.54, 1.807) is 25.3 Å². The summed E-state index contributed by atoms with van der Waals surface area (Å²) < 4.78 is 12.2. The fourth-order valence-electron chi connectivity index (χ4n) is 7.27. The summed E-state index contributed by atoms with van der Waals surface area (Å²) in [6.45, 7) is 13.2. The van der Waals surface area contributed by atoms with E-state index in [0.29, 0.717) is 68.1 Å². The van der Waals surface area contributed by atoms with Crippen molar-refractivity contribution in [1.29, 1.82) is 0 Å². The fourth-order valence-corrected chi connectivity index (χ4v) is 7.27. The van der Waals surface area contributed by atoms with Crippen molar-refractivity contribution < 1.29 is 14.6 Å². The molecule has 0 aromatic heterocycles. The summed E-state index contributed by atoms with van der Waals surface area (Å²) in [6, 6.07) is 24.4. The first kappa shape index (κ1) is 33.7. The highest BCUT2D eigenvalue weighted by Gasteiger charge is 2.27. The van der Waals surface area contributed by atoms with E-state index in [4.69, 9.17) is 9.47 Å². The number of aliphatic hydroxyl groups is 1. The molecule has 0 atom stereocenters. The van der Waals surface area contributed by atoms with Gasteiger partial charge in [0.15, 0.2) is 11.2 Å². The lowest BCUT2D eigenvalue weighted by Gasteiger charge is -2.33. The standard InChI is InChI=1S/C42H44N2O5/c1-8-9-17-31(45)36-34-27-14-10-11-15-28(27)39(46)35-30(43-29-16-12-13-18-32(29)48-7)23-33(38(37(34)35)44-40(36)47)49-26-21-19-25(20-22-26)42(5,6)24-41(2,3)4/h10-16,18-23,43,45H,8-9,17,24H2,1-7H3. The molecule has 0 unspecified atom stereocenters. The van der Waals surface area contributed by atoms with Crippen molar-refractivity contribution in [2.45, 2.75) is 72.6 Å². The number of hydrogen-bond acceptors (Lipinski definition) is 7. The molecule has 2 N–H and O–H groups in total. The third-order valence-corrected chi connectivity index (χ3v) is 9.13. The van der Waals surface area contributed by atoms with Crippen molar-refractivity contribution in [3.8, 4) is 17.2 Å². The molecule has 0 saturated heterocycles. The van der Waals surface area contributed by atoms with Crippen LogP contribution in [-0.2, 0) is 5.41 Å². The third kappa shape index (κ3) is 6.50. The topological polar surface area (TPSA) is 97.8 Å². The molecule has 0 bridgehead atoms. The van der Waals surface area contributed by atoms with Gasteiger partial charge in [-0.25, -0.2) is 4.98 Å². The lowest BCUT2D eigenvalue weighted by atomic mass is 9.72. The molecule has 2 aliphatic rings. The molecule has 6 rings (SSSR count). The van der Waals surface area contributed by atoms with Crippen LogP contribution >= 0.6 is 0 Å². The van der Waals surface area contributed by atoms with Crippen LogP contribution in [0.2, 0.25) is 0 Å². The number of unbranched alkanes of at least 4 members (excludes halogenated alkanes) is 1. The van der Waals surface area contributed by atoms with Crippen molar-refractivity contribution in [1.82, 2.24) is 4.98 Å². The average molecular weight is 657 g/mol. The number of hydrogen-bond donors (Lipinski definition) is 2. The van der Waals surface area contributed by atoms with Crippen molar-refractivity contribution in [3.05, 3.63) is 121 Å². The highest BCUT2D eigenvalue weighted by molar-refractivity contribution is 5.97. The Morgan fingerprint density at radius 2 is 1.51 bits per heavy atom. The molecule has 252 valence electrons. The minimum atomic E-state index is -0.569. The van der Waals surface area contributed by atoms with Crippen LogP contribution < -0.4 is 31.0 Å². The maximum absolute atomic E-state index is 14.4. The summed E-state index contributed by atoms with van der Waals surface area (Å²) in [5.41, 5.74) is 1.88. The number of nitrogens with one attached hydrogen (secondary N) is 1. The Labute approximate surface area is 286 Å². The average Bonchev–Trinajstić information content (AvgIpc) is 3.06. The van der Waals surface area contributed by atoms with E-state index in [2.05, 4.69) is 57.1 Å². The third-order valence-electron chi connectivity index (χ3n) is 9.13. The smallest absolute Gasteiger partial charge is 0.281 e. The number of fused-ring (bicyclic) bond motifs is 2. The van der Waals surface area contributed by atoms with Gasteiger partial charge in [-0.1, -0.05) is 96.5 Å².